The van der Waals surface area contributed by atoms with Crippen molar-refractivity contribution in [3.05, 3.63) is 25.0 Å². The monoisotopic (exact) mass is 291 g/mol. The summed E-state index contributed by atoms with van der Waals surface area (Å²) in [5.41, 5.74) is -0.179. The minimum Gasteiger partial charge on any atom is -0.435 e. The Labute approximate surface area is 112 Å². The summed E-state index contributed by atoms with van der Waals surface area (Å²) in [6, 6.07) is 0. The first-order chi connectivity index (χ1) is 8.59. The van der Waals surface area contributed by atoms with E-state index < -0.39 is 39.7 Å². The third-order valence-corrected chi connectivity index (χ3v) is 3.40. The van der Waals surface area contributed by atoms with E-state index in [0.717, 1.165) is 6.26 Å². The number of esters is 1. The van der Waals surface area contributed by atoms with E-state index in [2.05, 4.69) is 23.2 Å². The van der Waals surface area contributed by atoms with Crippen LogP contribution in [0.5, 0.6) is 0 Å². The van der Waals surface area contributed by atoms with Crippen LogP contribution in [0, 0.1) is 5.92 Å². The molecule has 0 aliphatic rings. The minimum absolute atomic E-state index is 0.179. The first kappa shape index (κ1) is 17.3. The van der Waals surface area contributed by atoms with Gasteiger partial charge in [0.25, 0.3) is 10.1 Å². The smallest absolute Gasteiger partial charge is 0.315 e. The second-order valence-corrected chi connectivity index (χ2v) is 5.63. The van der Waals surface area contributed by atoms with Crippen molar-refractivity contribution in [2.45, 2.75) is 25.6 Å². The van der Waals surface area contributed by atoms with E-state index in [1.54, 1.807) is 0 Å². The zero-order valence-corrected chi connectivity index (χ0v) is 11.6. The number of carbonyl (C=O) groups is 2. The van der Waals surface area contributed by atoms with Crippen LogP contribution < -0.4 is 5.32 Å². The molecule has 0 saturated carbocycles. The fourth-order valence-corrected chi connectivity index (χ4v) is 2.15. The first-order valence-corrected chi connectivity index (χ1v) is 6.85. The molecule has 0 fully saturated rings. The second kappa shape index (κ2) is 7.05. The molecule has 0 aliphatic carbocycles. The normalized spacial score (nSPS) is 12.6. The van der Waals surface area contributed by atoms with E-state index in [9.17, 15) is 18.0 Å². The topological polar surface area (TPSA) is 110 Å². The van der Waals surface area contributed by atoms with Crippen molar-refractivity contribution in [3.63, 3.8) is 0 Å². The van der Waals surface area contributed by atoms with Gasteiger partial charge in [0.2, 0.25) is 5.91 Å². The van der Waals surface area contributed by atoms with E-state index >= 15 is 0 Å². The van der Waals surface area contributed by atoms with Crippen molar-refractivity contribution in [1.82, 2.24) is 5.32 Å². The molecule has 0 aromatic heterocycles. The number of amides is 1. The molecule has 1 amide bonds. The summed E-state index contributed by atoms with van der Waals surface area (Å²) >= 11 is 0. The fourth-order valence-electron chi connectivity index (χ4n) is 1.21. The fraction of sp³-hybridized carbons (Fsp3) is 0.455. The van der Waals surface area contributed by atoms with Gasteiger partial charge < -0.3 is 10.1 Å². The molecule has 1 atom stereocenters. The van der Waals surface area contributed by atoms with Crippen molar-refractivity contribution in [1.29, 1.82) is 0 Å². The highest BCUT2D eigenvalue weighted by Gasteiger charge is 2.29. The van der Waals surface area contributed by atoms with Gasteiger partial charge in [0.1, 0.15) is 0 Å². The predicted molar refractivity (Wildman–Crippen MR) is 68.4 cm³/mol. The third-order valence-electron chi connectivity index (χ3n) is 2.09. The van der Waals surface area contributed by atoms with Crippen molar-refractivity contribution in [3.8, 4) is 0 Å². The Morgan fingerprint density at radius 1 is 1.42 bits per heavy atom. The van der Waals surface area contributed by atoms with E-state index in [4.69, 9.17) is 4.55 Å². The van der Waals surface area contributed by atoms with Gasteiger partial charge >= 0.3 is 5.97 Å². The molecule has 0 spiro atoms. The maximum atomic E-state index is 11.6. The van der Waals surface area contributed by atoms with Crippen LogP contribution in [-0.2, 0) is 24.4 Å². The maximum absolute atomic E-state index is 11.6. The Balaban J connectivity index is 4.71. The zero-order valence-electron chi connectivity index (χ0n) is 10.8. The highest BCUT2D eigenvalue weighted by Crippen LogP contribution is 2.10. The summed E-state index contributed by atoms with van der Waals surface area (Å²) in [5, 5.41) is 0.628. The van der Waals surface area contributed by atoms with Crippen molar-refractivity contribution >= 4 is 22.0 Å². The average Bonchev–Trinajstić information content (AvgIpc) is 2.23. The van der Waals surface area contributed by atoms with Gasteiger partial charge in [0.05, 0.1) is 12.7 Å². The summed E-state index contributed by atoms with van der Waals surface area (Å²) in [4.78, 5) is 22.7. The largest absolute Gasteiger partial charge is 0.435 e. The van der Waals surface area contributed by atoms with E-state index in [1.807, 2.05) is 0 Å². The predicted octanol–water partition coefficient (Wildman–Crippen LogP) is 0.606. The minimum atomic E-state index is -4.44. The Hall–Kier alpha value is -1.67. The van der Waals surface area contributed by atoms with Gasteiger partial charge in [-0.3, -0.25) is 14.1 Å². The molecule has 0 aromatic rings. The van der Waals surface area contributed by atoms with Gasteiger partial charge in [0, 0.05) is 5.57 Å². The SMILES string of the molecule is C=COC(=O)CC(=C)C(=O)NC(C(C)C)S(=O)(=O)O. The zero-order chi connectivity index (χ0) is 15.2. The standard InChI is InChI=1S/C11H17NO6S/c1-5-18-9(13)6-8(4)10(14)12-11(7(2)3)19(15,16)17/h5,7,11H,1,4,6H2,2-3H3,(H,12,14)(H,15,16,17). The molecule has 8 heteroatoms. The Kier molecular flexibility index (Phi) is 6.43. The molecule has 2 N–H and O–H groups in total. The highest BCUT2D eigenvalue weighted by molar-refractivity contribution is 7.86. The van der Waals surface area contributed by atoms with Gasteiger partial charge in [-0.1, -0.05) is 27.0 Å². The molecule has 1 unspecified atom stereocenters. The number of hydrogen-bond acceptors (Lipinski definition) is 5. The molecule has 0 bridgehead atoms. The number of ether oxygens (including phenoxy) is 1. The van der Waals surface area contributed by atoms with Crippen LogP contribution in [0.25, 0.3) is 0 Å². The number of nitrogens with one attached hydrogen (secondary N) is 1. The van der Waals surface area contributed by atoms with Crippen LogP contribution in [0.1, 0.15) is 20.3 Å². The van der Waals surface area contributed by atoms with Gasteiger partial charge in [-0.05, 0) is 5.92 Å². The number of carbonyl (C=O) groups excluding carboxylic acids is 2. The molecule has 0 rings (SSSR count). The van der Waals surface area contributed by atoms with Crippen molar-refractivity contribution in [2.75, 3.05) is 0 Å². The molecule has 0 radical (unpaired) electrons. The van der Waals surface area contributed by atoms with Crippen LogP contribution in [0.3, 0.4) is 0 Å². The summed E-state index contributed by atoms with van der Waals surface area (Å²) < 4.78 is 35.5. The highest BCUT2D eigenvalue weighted by atomic mass is 32.2. The Morgan fingerprint density at radius 3 is 2.32 bits per heavy atom. The molecular weight excluding hydrogens is 274 g/mol. The van der Waals surface area contributed by atoms with Gasteiger partial charge in [-0.25, -0.2) is 0 Å². The van der Waals surface area contributed by atoms with Gasteiger partial charge in [-0.15, -0.1) is 0 Å². The van der Waals surface area contributed by atoms with Crippen LogP contribution in [0.2, 0.25) is 0 Å². The van der Waals surface area contributed by atoms with Crippen LogP contribution in [0.4, 0.5) is 0 Å². The summed E-state index contributed by atoms with van der Waals surface area (Å²) in [7, 11) is -4.44. The Morgan fingerprint density at radius 2 is 1.95 bits per heavy atom. The molecule has 19 heavy (non-hydrogen) atoms. The van der Waals surface area contributed by atoms with Gasteiger partial charge in [0.15, 0.2) is 5.37 Å². The first-order valence-electron chi connectivity index (χ1n) is 5.35. The molecule has 0 aromatic carbocycles. The summed E-state index contributed by atoms with van der Waals surface area (Å²) in [6.07, 6.45) is 0.497. The lowest BCUT2D eigenvalue weighted by atomic mass is 10.2. The molecular formula is C11H17NO6S. The lowest BCUT2D eigenvalue weighted by Gasteiger charge is -2.19. The molecule has 108 valence electrons. The van der Waals surface area contributed by atoms with Gasteiger partial charge in [-0.2, -0.15) is 8.42 Å². The van der Waals surface area contributed by atoms with Crippen LogP contribution in [-0.4, -0.2) is 30.2 Å². The summed E-state index contributed by atoms with van der Waals surface area (Å²) in [6.45, 7) is 9.53. The summed E-state index contributed by atoms with van der Waals surface area (Å²) in [5.74, 6) is -2.15. The number of hydrogen-bond donors (Lipinski definition) is 2. The van der Waals surface area contributed by atoms with Crippen LogP contribution in [0.15, 0.2) is 25.0 Å². The number of rotatable bonds is 7. The van der Waals surface area contributed by atoms with E-state index in [0.29, 0.717) is 0 Å². The molecule has 0 aliphatic heterocycles. The van der Waals surface area contributed by atoms with Crippen molar-refractivity contribution < 1.29 is 27.3 Å². The third kappa shape index (κ3) is 6.16. The van der Waals surface area contributed by atoms with Crippen LogP contribution >= 0.6 is 0 Å². The Bertz CT molecular complexity index is 479. The van der Waals surface area contributed by atoms with Crippen molar-refractivity contribution in [2.24, 2.45) is 5.92 Å². The lowest BCUT2D eigenvalue weighted by Crippen LogP contribution is -2.44. The average molecular weight is 291 g/mol. The molecule has 0 heterocycles. The van der Waals surface area contributed by atoms with E-state index in [1.165, 1.54) is 13.8 Å². The quantitative estimate of drug-likeness (QED) is 0.308. The molecule has 0 saturated heterocycles. The lowest BCUT2D eigenvalue weighted by molar-refractivity contribution is -0.138. The van der Waals surface area contributed by atoms with E-state index in [-0.39, 0.29) is 5.57 Å². The maximum Gasteiger partial charge on any atom is 0.315 e. The second-order valence-electron chi connectivity index (χ2n) is 4.09. The molecule has 7 nitrogen and oxygen atoms in total.